The number of methoxy groups -OCH3 is 1. The molecule has 2 heterocycles. The molecule has 0 saturated carbocycles. The molecule has 156 valence electrons. The Morgan fingerprint density at radius 1 is 1.07 bits per heavy atom. The molecule has 6 nitrogen and oxygen atoms in total. The minimum atomic E-state index is -0.131. The van der Waals surface area contributed by atoms with Crippen LogP contribution in [-0.2, 0) is 0 Å². The van der Waals surface area contributed by atoms with Crippen molar-refractivity contribution in [3.63, 3.8) is 0 Å². The maximum Gasteiger partial charge on any atom is 0.294 e. The zero-order chi connectivity index (χ0) is 21.1. The van der Waals surface area contributed by atoms with Gasteiger partial charge in [-0.3, -0.25) is 4.79 Å². The number of aromatic nitrogens is 3. The highest BCUT2D eigenvalue weighted by molar-refractivity contribution is 6.30. The van der Waals surface area contributed by atoms with Crippen molar-refractivity contribution >= 4 is 17.5 Å². The van der Waals surface area contributed by atoms with E-state index in [9.17, 15) is 4.79 Å². The average molecular weight is 425 g/mol. The fourth-order valence-electron chi connectivity index (χ4n) is 3.96. The lowest BCUT2D eigenvalue weighted by molar-refractivity contribution is 0.0668. The van der Waals surface area contributed by atoms with Gasteiger partial charge in [0.05, 0.1) is 18.8 Å². The van der Waals surface area contributed by atoms with E-state index >= 15 is 0 Å². The predicted octanol–water partition coefficient (Wildman–Crippen LogP) is 5.00. The maximum absolute atomic E-state index is 13.5. The van der Waals surface area contributed by atoms with Crippen LogP contribution in [0.4, 0.5) is 0 Å². The summed E-state index contributed by atoms with van der Waals surface area (Å²) < 4.78 is 6.96. The van der Waals surface area contributed by atoms with Crippen molar-refractivity contribution in [3.05, 3.63) is 70.8 Å². The molecule has 1 aliphatic heterocycles. The van der Waals surface area contributed by atoms with Crippen molar-refractivity contribution in [2.75, 3.05) is 13.7 Å². The number of aryl methyl sites for hydroxylation is 1. The van der Waals surface area contributed by atoms with Gasteiger partial charge in [-0.1, -0.05) is 36.6 Å². The quantitative estimate of drug-likeness (QED) is 0.591. The Bertz CT molecular complexity index is 1010. The Labute approximate surface area is 181 Å². The highest BCUT2D eigenvalue weighted by Gasteiger charge is 2.30. The normalized spacial score (nSPS) is 16.9. The second kappa shape index (κ2) is 8.88. The van der Waals surface area contributed by atoms with Crippen LogP contribution in [0.2, 0.25) is 5.02 Å². The first-order valence-electron chi connectivity index (χ1n) is 10.2. The summed E-state index contributed by atoms with van der Waals surface area (Å²) in [5, 5.41) is 5.17. The van der Waals surface area contributed by atoms with Gasteiger partial charge in [-0.15, -0.1) is 5.10 Å². The maximum atomic E-state index is 13.5. The first kappa shape index (κ1) is 20.4. The van der Waals surface area contributed by atoms with Crippen molar-refractivity contribution in [1.29, 1.82) is 0 Å². The molecular weight excluding hydrogens is 400 g/mol. The molecule has 1 fully saturated rings. The number of hydrogen-bond acceptors (Lipinski definition) is 4. The van der Waals surface area contributed by atoms with E-state index in [1.807, 2.05) is 48.2 Å². The summed E-state index contributed by atoms with van der Waals surface area (Å²) in [4.78, 5) is 19.9. The molecule has 0 spiro atoms. The molecular formula is C23H25ClN4O2. The third-order valence-corrected chi connectivity index (χ3v) is 5.80. The zero-order valence-corrected chi connectivity index (χ0v) is 18.0. The van der Waals surface area contributed by atoms with Gasteiger partial charge in [-0.25, -0.2) is 9.67 Å². The monoisotopic (exact) mass is 424 g/mol. The lowest BCUT2D eigenvalue weighted by Gasteiger charge is -2.29. The molecule has 1 aliphatic rings. The van der Waals surface area contributed by atoms with Crippen molar-refractivity contribution in [1.82, 2.24) is 19.7 Å². The number of amides is 1. The van der Waals surface area contributed by atoms with Gasteiger partial charge in [0.25, 0.3) is 5.91 Å². The molecule has 1 atom stereocenters. The van der Waals surface area contributed by atoms with Crippen LogP contribution in [0, 0.1) is 6.92 Å². The van der Waals surface area contributed by atoms with Gasteiger partial charge < -0.3 is 9.64 Å². The van der Waals surface area contributed by atoms with Gasteiger partial charge in [-0.2, -0.15) is 0 Å². The number of carbonyl (C=O) groups excluding carboxylic acids is 1. The first-order valence-corrected chi connectivity index (χ1v) is 10.6. The predicted molar refractivity (Wildman–Crippen MR) is 116 cm³/mol. The number of rotatable bonds is 4. The molecule has 3 aromatic rings. The fraction of sp³-hybridized carbons (Fsp3) is 0.348. The Kier molecular flexibility index (Phi) is 6.04. The lowest BCUT2D eigenvalue weighted by Crippen LogP contribution is -2.35. The molecule has 1 amide bonds. The van der Waals surface area contributed by atoms with Crippen LogP contribution in [0.1, 0.15) is 53.7 Å². The van der Waals surface area contributed by atoms with Crippen LogP contribution in [0.25, 0.3) is 5.69 Å². The number of carbonyl (C=O) groups is 1. The molecule has 0 N–H and O–H groups in total. The number of likely N-dealkylation sites (tertiary alicyclic amines) is 1. The largest absolute Gasteiger partial charge is 0.497 e. The minimum Gasteiger partial charge on any atom is -0.497 e. The minimum absolute atomic E-state index is 0.00805. The van der Waals surface area contributed by atoms with Crippen LogP contribution in [0.15, 0.2) is 48.5 Å². The van der Waals surface area contributed by atoms with E-state index in [2.05, 4.69) is 10.1 Å². The highest BCUT2D eigenvalue weighted by atomic mass is 35.5. The molecule has 0 aliphatic carbocycles. The van der Waals surface area contributed by atoms with Gasteiger partial charge in [0.15, 0.2) is 0 Å². The number of benzene rings is 2. The molecule has 0 radical (unpaired) electrons. The van der Waals surface area contributed by atoms with Crippen molar-refractivity contribution in [3.8, 4) is 11.4 Å². The summed E-state index contributed by atoms with van der Waals surface area (Å²) in [5.41, 5.74) is 1.94. The molecule has 0 unspecified atom stereocenters. The van der Waals surface area contributed by atoms with E-state index in [0.29, 0.717) is 17.4 Å². The van der Waals surface area contributed by atoms with Crippen LogP contribution in [0.5, 0.6) is 5.75 Å². The summed E-state index contributed by atoms with van der Waals surface area (Å²) in [5.74, 6) is 1.57. The Morgan fingerprint density at radius 3 is 2.50 bits per heavy atom. The van der Waals surface area contributed by atoms with E-state index in [0.717, 1.165) is 42.7 Å². The summed E-state index contributed by atoms with van der Waals surface area (Å²) in [6, 6.07) is 15.3. The Balaban J connectivity index is 1.64. The fourth-order valence-corrected chi connectivity index (χ4v) is 4.09. The molecule has 1 aromatic heterocycles. The van der Waals surface area contributed by atoms with E-state index in [-0.39, 0.29) is 17.8 Å². The second-order valence-corrected chi connectivity index (χ2v) is 7.94. The molecule has 0 bridgehead atoms. The van der Waals surface area contributed by atoms with Crippen molar-refractivity contribution < 1.29 is 9.53 Å². The molecule has 7 heteroatoms. The Hall–Kier alpha value is -2.86. The summed E-state index contributed by atoms with van der Waals surface area (Å²) in [6.07, 6.45) is 4.11. The van der Waals surface area contributed by atoms with Gasteiger partial charge >= 0.3 is 0 Å². The third kappa shape index (κ3) is 4.19. The van der Waals surface area contributed by atoms with E-state index in [4.69, 9.17) is 16.3 Å². The van der Waals surface area contributed by atoms with Crippen molar-refractivity contribution in [2.24, 2.45) is 0 Å². The Morgan fingerprint density at radius 2 is 1.80 bits per heavy atom. The van der Waals surface area contributed by atoms with Gasteiger partial charge in [0.2, 0.25) is 5.82 Å². The standard InChI is InChI=1S/C23H25ClN4O2/c1-16-25-22(26-28(16)19-11-9-18(24)10-12-19)23(29)27-15-5-3-4-6-21(27)17-7-13-20(30-2)14-8-17/h7-14,21H,3-6,15H2,1-2H3/t21-/m0/s1. The number of nitrogens with zero attached hydrogens (tertiary/aromatic N) is 4. The number of ether oxygens (including phenoxy) is 1. The molecule has 30 heavy (non-hydrogen) atoms. The summed E-state index contributed by atoms with van der Waals surface area (Å²) in [7, 11) is 1.65. The highest BCUT2D eigenvalue weighted by Crippen LogP contribution is 2.32. The smallest absolute Gasteiger partial charge is 0.294 e. The van der Waals surface area contributed by atoms with Gasteiger partial charge in [0, 0.05) is 11.6 Å². The number of hydrogen-bond donors (Lipinski definition) is 0. The topological polar surface area (TPSA) is 60.2 Å². The van der Waals surface area contributed by atoms with Crippen molar-refractivity contribution in [2.45, 2.75) is 38.6 Å². The molecule has 4 rings (SSSR count). The van der Waals surface area contributed by atoms with E-state index in [1.54, 1.807) is 23.9 Å². The SMILES string of the molecule is COc1ccc([C@@H]2CCCCCN2C(=O)c2nc(C)n(-c3ccc(Cl)cc3)n2)cc1. The summed E-state index contributed by atoms with van der Waals surface area (Å²) in [6.45, 7) is 2.55. The van der Waals surface area contributed by atoms with Crippen LogP contribution in [0.3, 0.4) is 0 Å². The van der Waals surface area contributed by atoms with Gasteiger partial charge in [0.1, 0.15) is 11.6 Å². The van der Waals surface area contributed by atoms with Crippen LogP contribution >= 0.6 is 11.6 Å². The number of halogens is 1. The van der Waals surface area contributed by atoms with Crippen LogP contribution in [-0.4, -0.2) is 39.2 Å². The first-order chi connectivity index (χ1) is 14.6. The lowest BCUT2D eigenvalue weighted by atomic mass is 10.0. The van der Waals surface area contributed by atoms with E-state index < -0.39 is 0 Å². The average Bonchev–Trinajstić information content (AvgIpc) is 2.99. The third-order valence-electron chi connectivity index (χ3n) is 5.55. The van der Waals surface area contributed by atoms with E-state index in [1.165, 1.54) is 0 Å². The second-order valence-electron chi connectivity index (χ2n) is 7.51. The summed E-state index contributed by atoms with van der Waals surface area (Å²) >= 11 is 5.99. The molecule has 2 aromatic carbocycles. The molecule has 1 saturated heterocycles. The zero-order valence-electron chi connectivity index (χ0n) is 17.2. The van der Waals surface area contributed by atoms with Gasteiger partial charge in [-0.05, 0) is 61.7 Å². The van der Waals surface area contributed by atoms with Crippen LogP contribution < -0.4 is 4.74 Å².